The first-order valence-corrected chi connectivity index (χ1v) is 10.4. The summed E-state index contributed by atoms with van der Waals surface area (Å²) >= 11 is 0. The molecule has 0 bridgehead atoms. The summed E-state index contributed by atoms with van der Waals surface area (Å²) in [5.74, 6) is -1.49. The number of aromatic nitrogens is 2. The maximum absolute atomic E-state index is 13.6. The Morgan fingerprint density at radius 2 is 1.62 bits per heavy atom. The molecule has 4 atom stereocenters. The number of fused-ring (bicyclic) bond motifs is 1. The van der Waals surface area contributed by atoms with Crippen LogP contribution in [-0.2, 0) is 20.9 Å². The minimum absolute atomic E-state index is 0.0750. The van der Waals surface area contributed by atoms with E-state index in [-0.39, 0.29) is 12.5 Å². The summed E-state index contributed by atoms with van der Waals surface area (Å²) in [6, 6.07) is 19.9. The number of rotatable bonds is 5. The highest BCUT2D eigenvalue weighted by molar-refractivity contribution is 6.08. The number of amides is 1. The zero-order chi connectivity index (χ0) is 22.1. The number of ether oxygens (including phenoxy) is 1. The fourth-order valence-electron chi connectivity index (χ4n) is 4.87. The van der Waals surface area contributed by atoms with E-state index in [0.29, 0.717) is 11.5 Å². The number of hydrogen-bond donors (Lipinski definition) is 2. The van der Waals surface area contributed by atoms with Gasteiger partial charge in [-0.1, -0.05) is 49.0 Å². The number of benzene rings is 1. The summed E-state index contributed by atoms with van der Waals surface area (Å²) in [6.07, 6.45) is 3.37. The molecule has 1 aliphatic heterocycles. The van der Waals surface area contributed by atoms with Crippen molar-refractivity contribution < 1.29 is 14.3 Å². The highest BCUT2D eigenvalue weighted by Gasteiger charge is 2.74. The molecule has 1 aromatic carbocycles. The van der Waals surface area contributed by atoms with Gasteiger partial charge in [-0.05, 0) is 29.8 Å². The quantitative estimate of drug-likeness (QED) is 0.481. The first kappa shape index (κ1) is 19.9. The van der Waals surface area contributed by atoms with Gasteiger partial charge in [-0.15, -0.1) is 0 Å². The maximum Gasteiger partial charge on any atom is 0.324 e. The van der Waals surface area contributed by atoms with Gasteiger partial charge in [0.05, 0.1) is 11.9 Å². The Morgan fingerprint density at radius 3 is 2.28 bits per heavy atom. The fourth-order valence-corrected chi connectivity index (χ4v) is 4.87. The predicted molar refractivity (Wildman–Crippen MR) is 117 cm³/mol. The molecule has 1 amide bonds. The highest BCUT2D eigenvalue weighted by atomic mass is 16.5. The number of nitrogens with one attached hydrogen (secondary N) is 2. The normalized spacial score (nSPS) is 26.2. The van der Waals surface area contributed by atoms with Crippen molar-refractivity contribution in [3.05, 3.63) is 108 Å². The Hall–Kier alpha value is -4.00. The first-order valence-electron chi connectivity index (χ1n) is 10.4. The van der Waals surface area contributed by atoms with E-state index >= 15 is 0 Å². The average molecular weight is 426 g/mol. The third-order valence-electron chi connectivity index (χ3n) is 6.26. The molecule has 2 fully saturated rings. The second-order valence-electron chi connectivity index (χ2n) is 8.00. The van der Waals surface area contributed by atoms with Crippen molar-refractivity contribution in [3.63, 3.8) is 0 Å². The zero-order valence-corrected chi connectivity index (χ0v) is 17.3. The molecule has 160 valence electrons. The SMILES string of the molecule is C=C1NC(=O)C2(C(=O)OCc3ccccc3)C(N1)C(c1ccccn1)C2c1ccccn1. The Kier molecular flexibility index (Phi) is 4.93. The molecule has 0 spiro atoms. The van der Waals surface area contributed by atoms with Crippen LogP contribution >= 0.6 is 0 Å². The van der Waals surface area contributed by atoms with Crippen LogP contribution in [-0.4, -0.2) is 27.9 Å². The van der Waals surface area contributed by atoms with Gasteiger partial charge in [0.25, 0.3) is 0 Å². The molecule has 4 unspecified atom stereocenters. The van der Waals surface area contributed by atoms with Crippen molar-refractivity contribution in [1.29, 1.82) is 0 Å². The van der Waals surface area contributed by atoms with E-state index in [2.05, 4.69) is 27.2 Å². The molecule has 1 saturated heterocycles. The van der Waals surface area contributed by atoms with Crippen LogP contribution in [0.15, 0.2) is 91.5 Å². The lowest BCUT2D eigenvalue weighted by molar-refractivity contribution is -0.179. The summed E-state index contributed by atoms with van der Waals surface area (Å²) < 4.78 is 5.72. The van der Waals surface area contributed by atoms with Gasteiger partial charge in [-0.2, -0.15) is 0 Å². The van der Waals surface area contributed by atoms with E-state index in [4.69, 9.17) is 4.74 Å². The number of nitrogens with zero attached hydrogens (tertiary/aromatic N) is 2. The van der Waals surface area contributed by atoms with Gasteiger partial charge in [0, 0.05) is 35.6 Å². The molecule has 7 heteroatoms. The number of carbonyl (C=O) groups excluding carboxylic acids is 2. The Balaban J connectivity index is 1.58. The van der Waals surface area contributed by atoms with Gasteiger partial charge in [-0.3, -0.25) is 19.6 Å². The van der Waals surface area contributed by atoms with Gasteiger partial charge in [-0.25, -0.2) is 0 Å². The molecule has 0 radical (unpaired) electrons. The van der Waals surface area contributed by atoms with Crippen LogP contribution < -0.4 is 10.6 Å². The molecule has 3 aromatic rings. The van der Waals surface area contributed by atoms with Crippen LogP contribution in [0.4, 0.5) is 0 Å². The van der Waals surface area contributed by atoms with Crippen molar-refractivity contribution in [3.8, 4) is 0 Å². The summed E-state index contributed by atoms with van der Waals surface area (Å²) in [6.45, 7) is 3.94. The molecule has 2 N–H and O–H groups in total. The molecule has 7 nitrogen and oxygen atoms in total. The van der Waals surface area contributed by atoms with Crippen LogP contribution in [0.2, 0.25) is 0 Å². The van der Waals surface area contributed by atoms with E-state index in [1.165, 1.54) is 0 Å². The minimum Gasteiger partial charge on any atom is -0.460 e. The lowest BCUT2D eigenvalue weighted by Crippen LogP contribution is -2.76. The molecule has 5 rings (SSSR count). The largest absolute Gasteiger partial charge is 0.460 e. The van der Waals surface area contributed by atoms with E-state index in [1.54, 1.807) is 18.5 Å². The van der Waals surface area contributed by atoms with Crippen molar-refractivity contribution in [1.82, 2.24) is 20.6 Å². The van der Waals surface area contributed by atoms with Gasteiger partial charge in [0.1, 0.15) is 6.61 Å². The second kappa shape index (κ2) is 7.92. The van der Waals surface area contributed by atoms with E-state index in [0.717, 1.165) is 11.3 Å². The number of carbonyl (C=O) groups is 2. The molecular formula is C25H22N4O3. The summed E-state index contributed by atoms with van der Waals surface area (Å²) in [5.41, 5.74) is 0.763. The van der Waals surface area contributed by atoms with Crippen molar-refractivity contribution in [2.75, 3.05) is 0 Å². The van der Waals surface area contributed by atoms with Crippen LogP contribution in [0.5, 0.6) is 0 Å². The standard InChI is InChI=1S/C25H22N4O3/c1-16-28-22-20(18-11-5-7-13-26-18)21(19-12-6-8-14-27-19)25(22,23(30)29-16)24(31)32-15-17-9-3-2-4-10-17/h2-14,20-22,28H,1,15H2,(H,29,30). The van der Waals surface area contributed by atoms with Gasteiger partial charge < -0.3 is 15.4 Å². The van der Waals surface area contributed by atoms with Gasteiger partial charge in [0.15, 0.2) is 5.41 Å². The number of esters is 1. The lowest BCUT2D eigenvalue weighted by atomic mass is 9.46. The van der Waals surface area contributed by atoms with Crippen LogP contribution in [0.1, 0.15) is 28.8 Å². The summed E-state index contributed by atoms with van der Waals surface area (Å²) in [4.78, 5) is 36.1. The van der Waals surface area contributed by atoms with E-state index < -0.39 is 29.3 Å². The topological polar surface area (TPSA) is 93.2 Å². The summed E-state index contributed by atoms with van der Waals surface area (Å²) in [7, 11) is 0. The lowest BCUT2D eigenvalue weighted by Gasteiger charge is -2.59. The third-order valence-corrected chi connectivity index (χ3v) is 6.26. The molecule has 3 heterocycles. The maximum atomic E-state index is 13.6. The predicted octanol–water partition coefficient (Wildman–Crippen LogP) is 2.65. The number of pyridine rings is 2. The highest BCUT2D eigenvalue weighted by Crippen LogP contribution is 2.62. The van der Waals surface area contributed by atoms with Crippen molar-refractivity contribution in [2.24, 2.45) is 5.41 Å². The monoisotopic (exact) mass is 426 g/mol. The fraction of sp³-hybridized carbons (Fsp3) is 0.200. The Labute approximate surface area is 185 Å². The smallest absolute Gasteiger partial charge is 0.324 e. The minimum atomic E-state index is -1.49. The van der Waals surface area contributed by atoms with Gasteiger partial charge >= 0.3 is 5.97 Å². The zero-order valence-electron chi connectivity index (χ0n) is 17.3. The van der Waals surface area contributed by atoms with Gasteiger partial charge in [0.2, 0.25) is 5.91 Å². The molecule has 1 saturated carbocycles. The molecule has 32 heavy (non-hydrogen) atoms. The summed E-state index contributed by atoms with van der Waals surface area (Å²) in [5, 5.41) is 5.93. The van der Waals surface area contributed by atoms with Crippen molar-refractivity contribution >= 4 is 11.9 Å². The van der Waals surface area contributed by atoms with Crippen molar-refractivity contribution in [2.45, 2.75) is 24.5 Å². The van der Waals surface area contributed by atoms with Crippen LogP contribution in [0.3, 0.4) is 0 Å². The molecule has 1 aliphatic carbocycles. The van der Waals surface area contributed by atoms with E-state index in [1.807, 2.05) is 60.7 Å². The van der Waals surface area contributed by atoms with Crippen LogP contribution in [0, 0.1) is 5.41 Å². The Bertz CT molecular complexity index is 1150. The molecule has 2 aliphatic rings. The molecule has 2 aromatic heterocycles. The second-order valence-corrected chi connectivity index (χ2v) is 8.00. The molecular weight excluding hydrogens is 404 g/mol. The average Bonchev–Trinajstić information content (AvgIpc) is 2.81. The Morgan fingerprint density at radius 1 is 0.969 bits per heavy atom. The number of hydrogen-bond acceptors (Lipinski definition) is 6. The first-order chi connectivity index (χ1) is 15.6. The third kappa shape index (κ3) is 3.05. The van der Waals surface area contributed by atoms with E-state index in [9.17, 15) is 9.59 Å². The van der Waals surface area contributed by atoms with Crippen LogP contribution in [0.25, 0.3) is 0 Å².